The molecule has 0 saturated carbocycles. The van der Waals surface area contributed by atoms with Gasteiger partial charge >= 0.3 is 6.18 Å². The number of aromatic nitrogens is 1. The average molecular weight is 263 g/mol. The fourth-order valence-electron chi connectivity index (χ4n) is 1.92. The summed E-state index contributed by atoms with van der Waals surface area (Å²) in [5.41, 5.74) is -2.39. The number of hydrogen-bond acceptors (Lipinski definition) is 4. The summed E-state index contributed by atoms with van der Waals surface area (Å²) in [5.74, 6) is -0.697. The van der Waals surface area contributed by atoms with Gasteiger partial charge in [-0.05, 0) is 19.9 Å². The highest BCUT2D eigenvalue weighted by molar-refractivity contribution is 5.95. The number of alkyl halides is 3. The topological polar surface area (TPSA) is 67.2 Å². The van der Waals surface area contributed by atoms with Crippen LogP contribution in [0, 0.1) is 12.3 Å². The number of hydrogen-bond donors (Lipinski definition) is 2. The lowest BCUT2D eigenvalue weighted by molar-refractivity contribution is -0.213. The first-order chi connectivity index (χ1) is 8.35. The van der Waals surface area contributed by atoms with Crippen molar-refractivity contribution < 1.29 is 22.5 Å². The van der Waals surface area contributed by atoms with Crippen molar-refractivity contribution in [2.75, 3.05) is 18.4 Å². The molecule has 1 aliphatic heterocycles. The minimum atomic E-state index is -4.60. The molecule has 0 spiro atoms. The second-order valence-corrected chi connectivity index (χ2v) is 4.28. The van der Waals surface area contributed by atoms with Crippen molar-refractivity contribution in [2.24, 2.45) is 5.41 Å². The Morgan fingerprint density at radius 1 is 1.61 bits per heavy atom. The lowest BCUT2D eigenvalue weighted by atomic mass is 9.85. The molecule has 1 fully saturated rings. The van der Waals surface area contributed by atoms with Crippen LogP contribution in [0.4, 0.5) is 19.0 Å². The Bertz CT molecular complexity index is 449. The van der Waals surface area contributed by atoms with Gasteiger partial charge < -0.3 is 15.2 Å². The number of nitrogens with one attached hydrogen (secondary N) is 2. The summed E-state index contributed by atoms with van der Waals surface area (Å²) in [6.45, 7) is 1.32. The summed E-state index contributed by atoms with van der Waals surface area (Å²) in [6, 6.07) is 1.37. The molecule has 2 N–H and O–H groups in total. The Hall–Kier alpha value is -1.57. The van der Waals surface area contributed by atoms with Crippen LogP contribution in [0.2, 0.25) is 0 Å². The van der Waals surface area contributed by atoms with Crippen molar-refractivity contribution in [3.8, 4) is 0 Å². The number of carbonyl (C=O) groups excluding carboxylic acids is 1. The molecule has 1 aromatic heterocycles. The van der Waals surface area contributed by atoms with E-state index in [1.165, 1.54) is 6.07 Å². The van der Waals surface area contributed by atoms with Crippen LogP contribution in [0.3, 0.4) is 0 Å². The van der Waals surface area contributed by atoms with Gasteiger partial charge in [0.05, 0.1) is 0 Å². The molecule has 0 bridgehead atoms. The van der Waals surface area contributed by atoms with E-state index in [2.05, 4.69) is 20.3 Å². The zero-order valence-electron chi connectivity index (χ0n) is 9.60. The molecule has 0 aromatic carbocycles. The van der Waals surface area contributed by atoms with E-state index in [-0.39, 0.29) is 18.8 Å². The molecule has 18 heavy (non-hydrogen) atoms. The van der Waals surface area contributed by atoms with Crippen LogP contribution in [0.25, 0.3) is 0 Å². The highest BCUT2D eigenvalue weighted by Gasteiger charge is 2.61. The highest BCUT2D eigenvalue weighted by Crippen LogP contribution is 2.43. The van der Waals surface area contributed by atoms with E-state index in [0.717, 1.165) is 0 Å². The van der Waals surface area contributed by atoms with E-state index in [0.29, 0.717) is 5.76 Å². The molecule has 8 heteroatoms. The molecule has 0 aliphatic carbocycles. The summed E-state index contributed by atoms with van der Waals surface area (Å²) in [6.07, 6.45) is -4.88. The third kappa shape index (κ3) is 2.07. The smallest absolute Gasteiger partial charge is 0.360 e. The van der Waals surface area contributed by atoms with Crippen LogP contribution in [-0.4, -0.2) is 30.3 Å². The Labute approximate surface area is 101 Å². The first-order valence-electron chi connectivity index (χ1n) is 5.37. The molecule has 100 valence electrons. The second kappa shape index (κ2) is 4.27. The Morgan fingerprint density at radius 2 is 2.33 bits per heavy atom. The number of anilines is 1. The molecule has 1 aliphatic rings. The van der Waals surface area contributed by atoms with E-state index in [1.807, 2.05) is 0 Å². The van der Waals surface area contributed by atoms with E-state index in [9.17, 15) is 18.0 Å². The van der Waals surface area contributed by atoms with Gasteiger partial charge in [0, 0.05) is 12.6 Å². The van der Waals surface area contributed by atoms with Gasteiger partial charge in [0.2, 0.25) is 5.91 Å². The van der Waals surface area contributed by atoms with Gasteiger partial charge in [-0.15, -0.1) is 0 Å². The summed E-state index contributed by atoms with van der Waals surface area (Å²) >= 11 is 0. The maximum Gasteiger partial charge on any atom is 0.404 e. The van der Waals surface area contributed by atoms with Gasteiger partial charge in [0.25, 0.3) is 0 Å². The molecule has 2 rings (SSSR count). The summed E-state index contributed by atoms with van der Waals surface area (Å²) < 4.78 is 43.8. The Kier molecular flexibility index (Phi) is 3.05. The third-order valence-electron chi connectivity index (χ3n) is 3.00. The molecular weight excluding hydrogens is 251 g/mol. The van der Waals surface area contributed by atoms with Gasteiger partial charge in [-0.25, -0.2) is 0 Å². The van der Waals surface area contributed by atoms with Crippen LogP contribution in [0.1, 0.15) is 12.2 Å². The van der Waals surface area contributed by atoms with Gasteiger partial charge in [0.1, 0.15) is 5.76 Å². The molecule has 1 atom stereocenters. The summed E-state index contributed by atoms with van der Waals surface area (Å²) in [7, 11) is 0. The number of halogens is 3. The normalized spacial score (nSPS) is 24.2. The van der Waals surface area contributed by atoms with Crippen molar-refractivity contribution in [1.29, 1.82) is 0 Å². The lowest BCUT2D eigenvalue weighted by Gasteiger charge is -2.28. The molecule has 1 unspecified atom stereocenters. The lowest BCUT2D eigenvalue weighted by Crippen LogP contribution is -2.49. The fraction of sp³-hybridized carbons (Fsp3) is 0.600. The molecular formula is C10H12F3N3O2. The summed E-state index contributed by atoms with van der Waals surface area (Å²) in [4.78, 5) is 11.8. The van der Waals surface area contributed by atoms with E-state index in [1.54, 1.807) is 6.92 Å². The monoisotopic (exact) mass is 263 g/mol. The minimum absolute atomic E-state index is 0.00646. The maximum atomic E-state index is 13.0. The van der Waals surface area contributed by atoms with Crippen LogP contribution in [-0.2, 0) is 4.79 Å². The van der Waals surface area contributed by atoms with Crippen molar-refractivity contribution in [1.82, 2.24) is 10.5 Å². The van der Waals surface area contributed by atoms with Crippen LogP contribution in [0.5, 0.6) is 0 Å². The van der Waals surface area contributed by atoms with Crippen LogP contribution < -0.4 is 10.6 Å². The molecule has 5 nitrogen and oxygen atoms in total. The van der Waals surface area contributed by atoms with Crippen molar-refractivity contribution >= 4 is 11.7 Å². The molecule has 1 saturated heterocycles. The number of aryl methyl sites for hydroxylation is 1. The maximum absolute atomic E-state index is 13.0. The molecule has 0 radical (unpaired) electrons. The summed E-state index contributed by atoms with van der Waals surface area (Å²) in [5, 5.41) is 8.16. The third-order valence-corrected chi connectivity index (χ3v) is 3.00. The quantitative estimate of drug-likeness (QED) is 0.847. The van der Waals surface area contributed by atoms with E-state index < -0.39 is 24.0 Å². The van der Waals surface area contributed by atoms with Gasteiger partial charge in [-0.1, -0.05) is 5.16 Å². The standard InChI is InChI=1S/C10H12F3N3O2/c1-6-4-7(16-18-6)15-8(17)9(10(11,12)13)2-3-14-5-9/h4,14H,2-3,5H2,1H3,(H,15,16,17). The predicted octanol–water partition coefficient (Wildman–Crippen LogP) is 1.46. The number of nitrogens with zero attached hydrogens (tertiary/aromatic N) is 1. The molecule has 2 heterocycles. The first kappa shape index (κ1) is 12.9. The van der Waals surface area contributed by atoms with Gasteiger partial charge in [0.15, 0.2) is 11.2 Å². The fourth-order valence-corrected chi connectivity index (χ4v) is 1.92. The molecule has 1 aromatic rings. The minimum Gasteiger partial charge on any atom is -0.360 e. The van der Waals surface area contributed by atoms with Gasteiger partial charge in [-0.3, -0.25) is 4.79 Å². The second-order valence-electron chi connectivity index (χ2n) is 4.28. The largest absolute Gasteiger partial charge is 0.404 e. The van der Waals surface area contributed by atoms with E-state index >= 15 is 0 Å². The zero-order chi connectivity index (χ0) is 13.4. The van der Waals surface area contributed by atoms with Crippen LogP contribution in [0.15, 0.2) is 10.6 Å². The van der Waals surface area contributed by atoms with Gasteiger partial charge in [-0.2, -0.15) is 13.2 Å². The van der Waals surface area contributed by atoms with Crippen molar-refractivity contribution in [2.45, 2.75) is 19.5 Å². The number of amides is 1. The zero-order valence-corrected chi connectivity index (χ0v) is 9.60. The highest BCUT2D eigenvalue weighted by atomic mass is 19.4. The Morgan fingerprint density at radius 3 is 2.78 bits per heavy atom. The van der Waals surface area contributed by atoms with E-state index in [4.69, 9.17) is 0 Å². The Balaban J connectivity index is 2.20. The van der Waals surface area contributed by atoms with Crippen molar-refractivity contribution in [3.63, 3.8) is 0 Å². The predicted molar refractivity (Wildman–Crippen MR) is 55.8 cm³/mol. The van der Waals surface area contributed by atoms with Crippen molar-refractivity contribution in [3.05, 3.63) is 11.8 Å². The molecule has 1 amide bonds. The average Bonchev–Trinajstić information content (AvgIpc) is 2.86. The SMILES string of the molecule is Cc1cc(NC(=O)C2(C(F)(F)F)CCNC2)no1. The number of rotatable bonds is 2. The van der Waals surface area contributed by atoms with Crippen LogP contribution >= 0.6 is 0 Å². The first-order valence-corrected chi connectivity index (χ1v) is 5.37. The number of carbonyl (C=O) groups is 1.